The molecule has 0 aliphatic carbocycles. The fraction of sp³-hybridized carbons (Fsp3) is 0.750. The molecule has 0 aliphatic rings. The Morgan fingerprint density at radius 1 is 1.50 bits per heavy atom. The van der Waals surface area contributed by atoms with Gasteiger partial charge in [-0.3, -0.25) is 0 Å². The number of allylic oxidation sites excluding steroid dienone is 1. The maximum Gasteiger partial charge on any atom is 0.138 e. The van der Waals surface area contributed by atoms with Gasteiger partial charge in [0.25, 0.3) is 0 Å². The van der Waals surface area contributed by atoms with Gasteiger partial charge in [0.1, 0.15) is 11.4 Å². The summed E-state index contributed by atoms with van der Waals surface area (Å²) < 4.78 is 24.0. The van der Waals surface area contributed by atoms with Crippen LogP contribution in [0.4, 0.5) is 0 Å². The van der Waals surface area contributed by atoms with Crippen LogP contribution in [0.3, 0.4) is 0 Å². The van der Waals surface area contributed by atoms with Crippen LogP contribution in [0.5, 0.6) is 0 Å². The third-order valence-electron chi connectivity index (χ3n) is 1.29. The van der Waals surface area contributed by atoms with Gasteiger partial charge in [0.15, 0.2) is 0 Å². The average molecular weight is 191 g/mol. The Kier molecular flexibility index (Phi) is 5.17. The van der Waals surface area contributed by atoms with Crippen molar-refractivity contribution in [3.8, 4) is 0 Å². The topological polar surface area (TPSA) is 49.4 Å². The highest BCUT2D eigenvalue weighted by Crippen LogP contribution is 2.20. The van der Waals surface area contributed by atoms with E-state index in [9.17, 15) is 8.76 Å². The van der Waals surface area contributed by atoms with Crippen molar-refractivity contribution in [1.82, 2.24) is 0 Å². The minimum Gasteiger partial charge on any atom is -0.740 e. The minimum atomic E-state index is -2.43. The molecule has 0 rings (SSSR count). The van der Waals surface area contributed by atoms with Gasteiger partial charge in [0.05, 0.1) is 6.26 Å². The zero-order valence-corrected chi connectivity index (χ0v) is 8.52. The van der Waals surface area contributed by atoms with E-state index < -0.39 is 11.4 Å². The van der Waals surface area contributed by atoms with E-state index >= 15 is 0 Å². The van der Waals surface area contributed by atoms with Crippen molar-refractivity contribution in [2.24, 2.45) is 5.41 Å². The van der Waals surface area contributed by atoms with Crippen molar-refractivity contribution in [3.05, 3.63) is 12.3 Å². The van der Waals surface area contributed by atoms with Gasteiger partial charge >= 0.3 is 0 Å². The van der Waals surface area contributed by atoms with Crippen LogP contribution in [0, 0.1) is 5.41 Å². The zero-order valence-electron chi connectivity index (χ0n) is 7.70. The van der Waals surface area contributed by atoms with E-state index in [4.69, 9.17) is 0 Å². The molecule has 0 radical (unpaired) electrons. The summed E-state index contributed by atoms with van der Waals surface area (Å²) in [6.07, 6.45) is 4.76. The quantitative estimate of drug-likeness (QED) is 0.505. The highest BCUT2D eigenvalue weighted by Gasteiger charge is 2.07. The second kappa shape index (κ2) is 5.32. The molecule has 0 aromatic carbocycles. The van der Waals surface area contributed by atoms with Crippen molar-refractivity contribution in [2.45, 2.75) is 33.6 Å². The Balaban J connectivity index is 3.43. The fourth-order valence-electron chi connectivity index (χ4n) is 0.669. The molecule has 0 amide bonds. The fourth-order valence-corrected chi connectivity index (χ4v) is 0.838. The highest BCUT2D eigenvalue weighted by molar-refractivity contribution is 7.74. The molecule has 0 fully saturated rings. The third-order valence-corrected chi connectivity index (χ3v) is 1.56. The van der Waals surface area contributed by atoms with Crippen molar-refractivity contribution >= 4 is 11.4 Å². The molecule has 12 heavy (non-hydrogen) atoms. The van der Waals surface area contributed by atoms with Gasteiger partial charge in [0.2, 0.25) is 0 Å². The van der Waals surface area contributed by atoms with Crippen LogP contribution in [0.25, 0.3) is 0 Å². The molecule has 72 valence electrons. The summed E-state index contributed by atoms with van der Waals surface area (Å²) in [5, 5.41) is 0. The first-order valence-corrected chi connectivity index (χ1v) is 4.83. The predicted molar refractivity (Wildman–Crippen MR) is 47.8 cm³/mol. The van der Waals surface area contributed by atoms with Crippen LogP contribution in [0.15, 0.2) is 12.3 Å². The van der Waals surface area contributed by atoms with Crippen LogP contribution in [0.2, 0.25) is 0 Å². The molecule has 3 nitrogen and oxygen atoms in total. The third kappa shape index (κ3) is 9.65. The van der Waals surface area contributed by atoms with Crippen LogP contribution in [-0.4, -0.2) is 8.76 Å². The van der Waals surface area contributed by atoms with Crippen molar-refractivity contribution in [3.63, 3.8) is 0 Å². The SMILES string of the molecule is CC(C)(C)CCC=COS(=O)[O-]. The Labute approximate surface area is 76.3 Å². The summed E-state index contributed by atoms with van der Waals surface area (Å²) in [4.78, 5) is 0. The molecule has 0 N–H and O–H groups in total. The Bertz CT molecular complexity index is 170. The first-order chi connectivity index (χ1) is 5.42. The molecule has 1 atom stereocenters. The maximum absolute atomic E-state index is 9.89. The normalized spacial score (nSPS) is 15.0. The minimum absolute atomic E-state index is 0.279. The summed E-state index contributed by atoms with van der Waals surface area (Å²) in [7, 11) is 0. The van der Waals surface area contributed by atoms with Crippen molar-refractivity contribution < 1.29 is 12.9 Å². The van der Waals surface area contributed by atoms with Crippen LogP contribution < -0.4 is 0 Å². The average Bonchev–Trinajstić information content (AvgIpc) is 1.83. The highest BCUT2D eigenvalue weighted by atomic mass is 32.2. The lowest BCUT2D eigenvalue weighted by molar-refractivity contribution is 0.377. The van der Waals surface area contributed by atoms with E-state index in [1.165, 1.54) is 6.26 Å². The molecule has 4 heteroatoms. The van der Waals surface area contributed by atoms with E-state index in [2.05, 4.69) is 25.0 Å². The van der Waals surface area contributed by atoms with Crippen LogP contribution in [-0.2, 0) is 15.5 Å². The number of rotatable bonds is 4. The number of hydrogen-bond donors (Lipinski definition) is 0. The summed E-state index contributed by atoms with van der Waals surface area (Å²) >= 11 is -2.43. The molecule has 0 aromatic heterocycles. The van der Waals surface area contributed by atoms with Gasteiger partial charge < -0.3 is 8.74 Å². The Hall–Kier alpha value is -0.350. The summed E-state index contributed by atoms with van der Waals surface area (Å²) in [5.41, 5.74) is 0.279. The second-order valence-corrected chi connectivity index (χ2v) is 4.37. The molecular formula is C8H15O3S-. The van der Waals surface area contributed by atoms with E-state index in [1.807, 2.05) is 0 Å². The molecule has 0 heterocycles. The number of hydrogen-bond acceptors (Lipinski definition) is 3. The van der Waals surface area contributed by atoms with Crippen LogP contribution in [0.1, 0.15) is 33.6 Å². The standard InChI is InChI=1S/C8H16O3S/c1-8(2,3)6-4-5-7-11-12(9)10/h5,7H,4,6H2,1-3H3,(H,9,10)/p-1. The summed E-state index contributed by atoms with van der Waals surface area (Å²) in [6, 6.07) is 0. The second-order valence-electron chi connectivity index (χ2n) is 3.77. The molecule has 0 saturated carbocycles. The Morgan fingerprint density at radius 2 is 2.08 bits per heavy atom. The lowest BCUT2D eigenvalue weighted by atomic mass is 9.91. The van der Waals surface area contributed by atoms with Gasteiger partial charge in [-0.05, 0) is 24.3 Å². The molecule has 0 aliphatic heterocycles. The molecule has 0 bridgehead atoms. The van der Waals surface area contributed by atoms with Crippen molar-refractivity contribution in [1.29, 1.82) is 0 Å². The van der Waals surface area contributed by atoms with Gasteiger partial charge in [-0.2, -0.15) is 0 Å². The predicted octanol–water partition coefficient (Wildman–Crippen LogP) is 2.14. The largest absolute Gasteiger partial charge is 0.740 e. The van der Waals surface area contributed by atoms with Gasteiger partial charge in [-0.1, -0.05) is 20.8 Å². The van der Waals surface area contributed by atoms with Gasteiger partial charge in [-0.15, -0.1) is 0 Å². The maximum atomic E-state index is 9.89. The summed E-state index contributed by atoms with van der Waals surface area (Å²) in [6.45, 7) is 6.40. The zero-order chi connectivity index (χ0) is 9.61. The molecule has 1 unspecified atom stereocenters. The smallest absolute Gasteiger partial charge is 0.138 e. The van der Waals surface area contributed by atoms with Crippen molar-refractivity contribution in [2.75, 3.05) is 0 Å². The van der Waals surface area contributed by atoms with E-state index in [0.717, 1.165) is 12.8 Å². The van der Waals surface area contributed by atoms with Gasteiger partial charge in [0, 0.05) is 0 Å². The lowest BCUT2D eigenvalue weighted by Gasteiger charge is -2.15. The molecule has 0 spiro atoms. The molecule has 0 aromatic rings. The molecule has 0 saturated heterocycles. The van der Waals surface area contributed by atoms with Crippen LogP contribution >= 0.6 is 0 Å². The summed E-state index contributed by atoms with van der Waals surface area (Å²) in [5.74, 6) is 0. The first-order valence-electron chi connectivity index (χ1n) is 3.83. The van der Waals surface area contributed by atoms with E-state index in [1.54, 1.807) is 6.08 Å². The van der Waals surface area contributed by atoms with E-state index in [0.29, 0.717) is 0 Å². The lowest BCUT2D eigenvalue weighted by Crippen LogP contribution is -2.03. The molecular weight excluding hydrogens is 176 g/mol. The monoisotopic (exact) mass is 191 g/mol. The van der Waals surface area contributed by atoms with Gasteiger partial charge in [-0.25, -0.2) is 4.21 Å². The Morgan fingerprint density at radius 3 is 2.50 bits per heavy atom. The van der Waals surface area contributed by atoms with E-state index in [-0.39, 0.29) is 5.41 Å². The first kappa shape index (κ1) is 11.6.